The number of benzene rings is 2. The molecule has 2 heterocycles. The van der Waals surface area contributed by atoms with Crippen LogP contribution in [0.15, 0.2) is 54.7 Å². The zero-order chi connectivity index (χ0) is 23.0. The number of aromatic nitrogens is 2. The molecule has 1 aromatic heterocycles. The topological polar surface area (TPSA) is 115 Å². The second kappa shape index (κ2) is 10.7. The van der Waals surface area contributed by atoms with E-state index in [-0.39, 0.29) is 0 Å². The summed E-state index contributed by atoms with van der Waals surface area (Å²) >= 11 is 0. The van der Waals surface area contributed by atoms with Crippen LogP contribution in [0.25, 0.3) is 17.0 Å². The lowest BCUT2D eigenvalue weighted by atomic mass is 10.1. The Hall–Kier alpha value is -3.75. The van der Waals surface area contributed by atoms with Crippen molar-refractivity contribution in [3.05, 3.63) is 71.6 Å². The molecule has 0 bridgehead atoms. The summed E-state index contributed by atoms with van der Waals surface area (Å²) < 4.78 is 16.5. The van der Waals surface area contributed by atoms with Crippen molar-refractivity contribution in [1.29, 1.82) is 5.41 Å². The number of methoxy groups -OCH3 is 1. The molecule has 0 saturated carbocycles. The van der Waals surface area contributed by atoms with Crippen LogP contribution in [-0.2, 0) is 22.5 Å². The van der Waals surface area contributed by atoms with Crippen LogP contribution < -0.4 is 15.8 Å². The number of fused-ring (bicyclic) bond motifs is 1. The normalized spacial score (nSPS) is 13.3. The van der Waals surface area contributed by atoms with E-state index in [1.807, 2.05) is 48.5 Å². The summed E-state index contributed by atoms with van der Waals surface area (Å²) in [6.07, 6.45) is 3.39. The van der Waals surface area contributed by atoms with Gasteiger partial charge in [0, 0.05) is 48.3 Å². The van der Waals surface area contributed by atoms with Gasteiger partial charge in [0.2, 0.25) is 0 Å². The molecule has 1 aliphatic rings. The molecule has 0 amide bonds. The monoisotopic (exact) mass is 445 g/mol. The molecular formula is C25H27N5O3. The fourth-order valence-electron chi connectivity index (χ4n) is 3.54. The molecule has 0 atom stereocenters. The minimum Gasteiger partial charge on any atom is -0.491 e. The van der Waals surface area contributed by atoms with E-state index in [9.17, 15) is 0 Å². The Balaban J connectivity index is 1.64. The SMILES string of the molecule is COCCOc1cccc(-c2nc3c(c(Nc4ccc(/C(C=N)=C/N)cc4)n2)COCC3)c1. The van der Waals surface area contributed by atoms with Crippen molar-refractivity contribution in [3.63, 3.8) is 0 Å². The Morgan fingerprint density at radius 3 is 2.79 bits per heavy atom. The highest BCUT2D eigenvalue weighted by Crippen LogP contribution is 2.30. The highest BCUT2D eigenvalue weighted by molar-refractivity contribution is 6.08. The standard InChI is InChI=1S/C25H27N5O3/c1-31-11-12-33-21-4-2-3-18(13-21)24-29-23-9-10-32-16-22(23)25(30-24)28-20-7-5-17(6-8-20)19(14-26)15-27/h2-8,13-15,26H,9-12,16,27H2,1H3,(H,28,29,30)/b19-15+,26-14?. The van der Waals surface area contributed by atoms with Gasteiger partial charge in [0.1, 0.15) is 18.2 Å². The minimum atomic E-state index is 0.462. The number of nitrogens with two attached hydrogens (primary N) is 1. The van der Waals surface area contributed by atoms with E-state index in [2.05, 4.69) is 5.32 Å². The molecule has 33 heavy (non-hydrogen) atoms. The highest BCUT2D eigenvalue weighted by Gasteiger charge is 2.19. The smallest absolute Gasteiger partial charge is 0.161 e. The van der Waals surface area contributed by atoms with Crippen LogP contribution in [0.2, 0.25) is 0 Å². The number of nitrogens with one attached hydrogen (secondary N) is 2. The molecular weight excluding hydrogens is 418 g/mol. The first-order valence-electron chi connectivity index (χ1n) is 10.7. The lowest BCUT2D eigenvalue weighted by Gasteiger charge is -2.20. The van der Waals surface area contributed by atoms with Gasteiger partial charge in [0.25, 0.3) is 0 Å². The molecule has 0 radical (unpaired) electrons. The maximum atomic E-state index is 7.47. The molecule has 3 aromatic rings. The van der Waals surface area contributed by atoms with E-state index in [4.69, 9.17) is 35.3 Å². The van der Waals surface area contributed by atoms with E-state index in [0.29, 0.717) is 37.8 Å². The van der Waals surface area contributed by atoms with Crippen LogP contribution >= 0.6 is 0 Å². The number of hydrogen-bond donors (Lipinski definition) is 3. The summed E-state index contributed by atoms with van der Waals surface area (Å²) in [6, 6.07) is 15.4. The third-order valence-corrected chi connectivity index (χ3v) is 5.29. The Morgan fingerprint density at radius 2 is 2.03 bits per heavy atom. The van der Waals surface area contributed by atoms with Crippen LogP contribution in [0.4, 0.5) is 11.5 Å². The van der Waals surface area contributed by atoms with Crippen molar-refractivity contribution >= 4 is 23.3 Å². The maximum absolute atomic E-state index is 7.47. The van der Waals surface area contributed by atoms with Crippen LogP contribution in [0.3, 0.4) is 0 Å². The number of allylic oxidation sites excluding steroid dienone is 1. The van der Waals surface area contributed by atoms with Gasteiger partial charge in [-0.1, -0.05) is 24.3 Å². The zero-order valence-corrected chi connectivity index (χ0v) is 18.5. The lowest BCUT2D eigenvalue weighted by molar-refractivity contribution is 0.109. The van der Waals surface area contributed by atoms with E-state index in [1.54, 1.807) is 7.11 Å². The Bertz CT molecular complexity index is 1150. The third kappa shape index (κ3) is 5.36. The molecule has 1 aliphatic heterocycles. The number of nitrogens with zero attached hydrogens (tertiary/aromatic N) is 2. The first-order chi connectivity index (χ1) is 16.2. The number of hydrogen-bond acceptors (Lipinski definition) is 8. The summed E-state index contributed by atoms with van der Waals surface area (Å²) in [5.74, 6) is 2.09. The lowest BCUT2D eigenvalue weighted by Crippen LogP contribution is -2.16. The van der Waals surface area contributed by atoms with Crippen LogP contribution in [-0.4, -0.2) is 43.1 Å². The van der Waals surface area contributed by atoms with Gasteiger partial charge in [-0.05, 0) is 29.8 Å². The van der Waals surface area contributed by atoms with Crippen molar-refractivity contribution < 1.29 is 14.2 Å². The molecule has 2 aromatic carbocycles. The largest absolute Gasteiger partial charge is 0.491 e. The molecule has 0 unspecified atom stereocenters. The van der Waals surface area contributed by atoms with Crippen molar-refractivity contribution in [2.45, 2.75) is 13.0 Å². The van der Waals surface area contributed by atoms with Crippen molar-refractivity contribution in [3.8, 4) is 17.1 Å². The highest BCUT2D eigenvalue weighted by atomic mass is 16.5. The Kier molecular flexibility index (Phi) is 7.29. The third-order valence-electron chi connectivity index (χ3n) is 5.29. The fraction of sp³-hybridized carbons (Fsp3) is 0.240. The number of ether oxygens (including phenoxy) is 3. The first-order valence-corrected chi connectivity index (χ1v) is 10.7. The van der Waals surface area contributed by atoms with E-state index in [0.717, 1.165) is 46.1 Å². The van der Waals surface area contributed by atoms with Crippen molar-refractivity contribution in [1.82, 2.24) is 9.97 Å². The second-order valence-corrected chi connectivity index (χ2v) is 7.46. The molecule has 4 rings (SSSR count). The van der Waals surface area contributed by atoms with E-state index >= 15 is 0 Å². The molecule has 8 heteroatoms. The minimum absolute atomic E-state index is 0.462. The van der Waals surface area contributed by atoms with Crippen LogP contribution in [0.5, 0.6) is 5.75 Å². The number of rotatable bonds is 9. The summed E-state index contributed by atoms with van der Waals surface area (Å²) in [5.41, 5.74) is 10.8. The molecule has 0 aliphatic carbocycles. The van der Waals surface area contributed by atoms with Gasteiger partial charge in [-0.2, -0.15) is 0 Å². The fourth-order valence-corrected chi connectivity index (χ4v) is 3.54. The Morgan fingerprint density at radius 1 is 1.18 bits per heavy atom. The summed E-state index contributed by atoms with van der Waals surface area (Å²) in [6.45, 7) is 2.10. The van der Waals surface area contributed by atoms with Gasteiger partial charge in [-0.3, -0.25) is 0 Å². The van der Waals surface area contributed by atoms with E-state index < -0.39 is 0 Å². The van der Waals surface area contributed by atoms with Crippen molar-refractivity contribution in [2.24, 2.45) is 5.73 Å². The summed E-state index contributed by atoms with van der Waals surface area (Å²) in [5, 5.41) is 10.9. The molecule has 8 nitrogen and oxygen atoms in total. The van der Waals surface area contributed by atoms with Crippen molar-refractivity contribution in [2.75, 3.05) is 32.2 Å². The van der Waals surface area contributed by atoms with Crippen LogP contribution in [0.1, 0.15) is 16.8 Å². The van der Waals surface area contributed by atoms with Gasteiger partial charge in [0.15, 0.2) is 5.82 Å². The predicted molar refractivity (Wildman–Crippen MR) is 129 cm³/mol. The maximum Gasteiger partial charge on any atom is 0.161 e. The molecule has 170 valence electrons. The predicted octanol–water partition coefficient (Wildman–Crippen LogP) is 3.93. The molecule has 0 fully saturated rings. The van der Waals surface area contributed by atoms with Gasteiger partial charge < -0.3 is 30.7 Å². The van der Waals surface area contributed by atoms with Gasteiger partial charge in [-0.25, -0.2) is 9.97 Å². The Labute approximate surface area is 192 Å². The van der Waals surface area contributed by atoms with E-state index in [1.165, 1.54) is 12.4 Å². The first kappa shape index (κ1) is 22.4. The van der Waals surface area contributed by atoms with Crippen LogP contribution in [0, 0.1) is 5.41 Å². The average molecular weight is 446 g/mol. The summed E-state index contributed by atoms with van der Waals surface area (Å²) in [4.78, 5) is 9.65. The molecule has 4 N–H and O–H groups in total. The number of anilines is 2. The quantitative estimate of drug-likeness (QED) is 0.338. The van der Waals surface area contributed by atoms with Gasteiger partial charge in [0.05, 0.1) is 25.5 Å². The second-order valence-electron chi connectivity index (χ2n) is 7.46. The molecule has 0 spiro atoms. The molecule has 0 saturated heterocycles. The zero-order valence-electron chi connectivity index (χ0n) is 18.5. The van der Waals surface area contributed by atoms with Gasteiger partial charge in [-0.15, -0.1) is 0 Å². The van der Waals surface area contributed by atoms with Gasteiger partial charge >= 0.3 is 0 Å². The summed E-state index contributed by atoms with van der Waals surface area (Å²) in [7, 11) is 1.65. The average Bonchev–Trinajstić information content (AvgIpc) is 2.86.